The summed E-state index contributed by atoms with van der Waals surface area (Å²) in [5.74, 6) is 0. The van der Waals surface area contributed by atoms with Crippen LogP contribution in [0.15, 0.2) is 24.3 Å². The van der Waals surface area contributed by atoms with Crippen LogP contribution >= 0.6 is 23.2 Å². The molecule has 54 valence electrons. The van der Waals surface area contributed by atoms with Gasteiger partial charge in [0, 0.05) is 0 Å². The summed E-state index contributed by atoms with van der Waals surface area (Å²) in [5, 5.41) is 0. The third-order valence-corrected chi connectivity index (χ3v) is 1.89. The molecule has 0 radical (unpaired) electrons. The first kappa shape index (κ1) is 7.90. The van der Waals surface area contributed by atoms with Crippen LogP contribution in [-0.2, 0) is 0 Å². The third kappa shape index (κ3) is 1.65. The van der Waals surface area contributed by atoms with Crippen molar-refractivity contribution in [1.82, 2.24) is 0 Å². The molecular formula is C8H8Cl2. The summed E-state index contributed by atoms with van der Waals surface area (Å²) >= 11 is 11.3. The molecule has 0 aliphatic heterocycles. The summed E-state index contributed by atoms with van der Waals surface area (Å²) in [6, 6.07) is 7.82. The molecule has 2 heteroatoms. The Bertz CT molecular complexity index is 218. The van der Waals surface area contributed by atoms with Crippen LogP contribution < -0.4 is 0 Å². The van der Waals surface area contributed by atoms with Gasteiger partial charge in [-0.2, -0.15) is 0 Å². The van der Waals surface area contributed by atoms with Crippen molar-refractivity contribution in [3.63, 3.8) is 0 Å². The second-order valence-electron chi connectivity index (χ2n) is 2.16. The molecule has 0 aromatic heterocycles. The highest BCUT2D eigenvalue weighted by Crippen LogP contribution is 2.26. The van der Waals surface area contributed by atoms with Gasteiger partial charge in [-0.25, -0.2) is 0 Å². The van der Waals surface area contributed by atoms with E-state index in [-0.39, 0.29) is 0 Å². The number of hydrogen-bond donors (Lipinski definition) is 0. The molecule has 1 rings (SSSR count). The maximum Gasteiger partial charge on any atom is 0.133 e. The van der Waals surface area contributed by atoms with Crippen molar-refractivity contribution in [2.75, 3.05) is 0 Å². The van der Waals surface area contributed by atoms with Crippen molar-refractivity contribution >= 4 is 23.2 Å². The molecule has 0 spiro atoms. The smallest absolute Gasteiger partial charge is 0.100 e. The number of alkyl halides is 2. The van der Waals surface area contributed by atoms with E-state index in [1.165, 1.54) is 0 Å². The monoisotopic (exact) mass is 174 g/mol. The molecule has 0 N–H and O–H groups in total. The molecule has 0 saturated carbocycles. The van der Waals surface area contributed by atoms with Gasteiger partial charge in [0.05, 0.1) is 0 Å². The minimum atomic E-state index is -0.402. The Morgan fingerprint density at radius 3 is 2.20 bits per heavy atom. The molecule has 1 aromatic carbocycles. The summed E-state index contributed by atoms with van der Waals surface area (Å²) in [6.07, 6.45) is 0. The van der Waals surface area contributed by atoms with Gasteiger partial charge in [0.25, 0.3) is 0 Å². The van der Waals surface area contributed by atoms with Gasteiger partial charge in [-0.3, -0.25) is 0 Å². The maximum absolute atomic E-state index is 5.67. The molecule has 0 atom stereocenters. The lowest BCUT2D eigenvalue weighted by molar-refractivity contribution is 1.27. The Morgan fingerprint density at radius 1 is 1.20 bits per heavy atom. The fraction of sp³-hybridized carbons (Fsp3) is 0.250. The molecule has 0 amide bonds. The van der Waals surface area contributed by atoms with E-state index in [4.69, 9.17) is 23.2 Å². The number of benzene rings is 1. The van der Waals surface area contributed by atoms with Crippen LogP contribution in [0.4, 0.5) is 0 Å². The standard InChI is InChI=1S/C8H8Cl2/c1-6-4-2-3-5-7(6)8(9)10/h2-5,8H,1H3. The molecule has 10 heavy (non-hydrogen) atoms. The number of rotatable bonds is 1. The van der Waals surface area contributed by atoms with Crippen LogP contribution in [0.5, 0.6) is 0 Å². The Kier molecular flexibility index (Phi) is 2.58. The maximum atomic E-state index is 5.67. The third-order valence-electron chi connectivity index (χ3n) is 1.42. The van der Waals surface area contributed by atoms with Gasteiger partial charge >= 0.3 is 0 Å². The Balaban J connectivity index is 3.03. The lowest BCUT2D eigenvalue weighted by atomic mass is 10.1. The van der Waals surface area contributed by atoms with Crippen LogP contribution in [0.1, 0.15) is 16.0 Å². The van der Waals surface area contributed by atoms with Gasteiger partial charge in [0.15, 0.2) is 0 Å². The number of hydrogen-bond acceptors (Lipinski definition) is 0. The Hall–Kier alpha value is -0.200. The molecule has 0 bridgehead atoms. The second kappa shape index (κ2) is 3.27. The highest BCUT2D eigenvalue weighted by Gasteiger charge is 2.03. The molecule has 0 heterocycles. The van der Waals surface area contributed by atoms with E-state index in [1.807, 2.05) is 31.2 Å². The van der Waals surface area contributed by atoms with E-state index in [0.717, 1.165) is 11.1 Å². The van der Waals surface area contributed by atoms with Crippen molar-refractivity contribution in [3.8, 4) is 0 Å². The van der Waals surface area contributed by atoms with Gasteiger partial charge in [-0.1, -0.05) is 24.3 Å². The predicted molar refractivity (Wildman–Crippen MR) is 45.6 cm³/mol. The first-order valence-corrected chi connectivity index (χ1v) is 3.93. The first-order valence-electron chi connectivity index (χ1n) is 3.05. The van der Waals surface area contributed by atoms with Crippen molar-refractivity contribution in [1.29, 1.82) is 0 Å². The van der Waals surface area contributed by atoms with Gasteiger partial charge in [0.1, 0.15) is 4.84 Å². The average molecular weight is 175 g/mol. The van der Waals surface area contributed by atoms with E-state index in [1.54, 1.807) is 0 Å². The summed E-state index contributed by atoms with van der Waals surface area (Å²) in [5.41, 5.74) is 2.13. The molecule has 0 nitrogen and oxygen atoms in total. The summed E-state index contributed by atoms with van der Waals surface area (Å²) in [7, 11) is 0. The average Bonchev–Trinajstić information content (AvgIpc) is 1.88. The number of aryl methyl sites for hydroxylation is 1. The van der Waals surface area contributed by atoms with E-state index in [2.05, 4.69) is 0 Å². The fourth-order valence-corrected chi connectivity index (χ4v) is 1.32. The second-order valence-corrected chi connectivity index (χ2v) is 3.25. The molecule has 0 aliphatic rings. The van der Waals surface area contributed by atoms with Crippen molar-refractivity contribution < 1.29 is 0 Å². The van der Waals surface area contributed by atoms with Crippen LogP contribution in [0.25, 0.3) is 0 Å². The first-order chi connectivity index (χ1) is 4.72. The van der Waals surface area contributed by atoms with E-state index in [0.29, 0.717) is 0 Å². The summed E-state index contributed by atoms with van der Waals surface area (Å²) in [4.78, 5) is -0.402. The van der Waals surface area contributed by atoms with Crippen molar-refractivity contribution in [2.24, 2.45) is 0 Å². The van der Waals surface area contributed by atoms with Crippen LogP contribution in [0.3, 0.4) is 0 Å². The Morgan fingerprint density at radius 2 is 1.80 bits per heavy atom. The molecular weight excluding hydrogens is 167 g/mol. The minimum absolute atomic E-state index is 0.402. The number of halogens is 2. The summed E-state index contributed by atoms with van der Waals surface area (Å²) < 4.78 is 0. The zero-order valence-corrected chi connectivity index (χ0v) is 7.15. The quantitative estimate of drug-likeness (QED) is 0.573. The normalized spacial score (nSPS) is 10.4. The van der Waals surface area contributed by atoms with Gasteiger partial charge in [0.2, 0.25) is 0 Å². The van der Waals surface area contributed by atoms with E-state index in [9.17, 15) is 0 Å². The van der Waals surface area contributed by atoms with E-state index < -0.39 is 4.84 Å². The zero-order chi connectivity index (χ0) is 7.56. The summed E-state index contributed by atoms with van der Waals surface area (Å²) in [6.45, 7) is 1.99. The SMILES string of the molecule is Cc1ccccc1C(Cl)Cl. The van der Waals surface area contributed by atoms with Crippen molar-refractivity contribution in [2.45, 2.75) is 11.8 Å². The lowest BCUT2D eigenvalue weighted by Gasteiger charge is -2.03. The molecule has 0 aliphatic carbocycles. The van der Waals surface area contributed by atoms with Crippen LogP contribution in [-0.4, -0.2) is 0 Å². The highest BCUT2D eigenvalue weighted by molar-refractivity contribution is 6.44. The van der Waals surface area contributed by atoms with Crippen LogP contribution in [0, 0.1) is 6.92 Å². The van der Waals surface area contributed by atoms with Gasteiger partial charge in [-0.15, -0.1) is 23.2 Å². The molecule has 0 fully saturated rings. The zero-order valence-electron chi connectivity index (χ0n) is 5.64. The van der Waals surface area contributed by atoms with E-state index >= 15 is 0 Å². The van der Waals surface area contributed by atoms with Gasteiger partial charge in [-0.05, 0) is 18.1 Å². The molecule has 1 aromatic rings. The topological polar surface area (TPSA) is 0 Å². The molecule has 0 saturated heterocycles. The largest absolute Gasteiger partial charge is 0.133 e. The molecule has 0 unspecified atom stereocenters. The van der Waals surface area contributed by atoms with Crippen molar-refractivity contribution in [3.05, 3.63) is 35.4 Å². The Labute approximate surface area is 70.8 Å². The minimum Gasteiger partial charge on any atom is -0.100 e. The van der Waals surface area contributed by atoms with Crippen LogP contribution in [0.2, 0.25) is 0 Å². The highest BCUT2D eigenvalue weighted by atomic mass is 35.5. The lowest BCUT2D eigenvalue weighted by Crippen LogP contribution is -1.84. The van der Waals surface area contributed by atoms with Gasteiger partial charge < -0.3 is 0 Å². The fourth-order valence-electron chi connectivity index (χ4n) is 0.832. The predicted octanol–water partition coefficient (Wildman–Crippen LogP) is 3.47.